The van der Waals surface area contributed by atoms with Gasteiger partial charge in [-0.1, -0.05) is 6.07 Å². The normalized spacial score (nSPS) is 10.3. The summed E-state index contributed by atoms with van der Waals surface area (Å²) in [6.07, 6.45) is 1.37. The van der Waals surface area contributed by atoms with E-state index in [-0.39, 0.29) is 0 Å². The second-order valence-electron chi connectivity index (χ2n) is 3.96. The summed E-state index contributed by atoms with van der Waals surface area (Å²) < 4.78 is 30.9. The smallest absolute Gasteiger partial charge is 0.221 e. The zero-order valence-electron chi connectivity index (χ0n) is 10.6. The first-order valence-electron chi connectivity index (χ1n) is 5.65. The van der Waals surface area contributed by atoms with Crippen LogP contribution in [0.4, 0.5) is 14.6 Å². The first-order chi connectivity index (χ1) is 9.11. The van der Waals surface area contributed by atoms with Gasteiger partial charge in [-0.3, -0.25) is 0 Å². The fraction of sp³-hybridized carbons (Fsp3) is 0.231. The molecule has 0 saturated heterocycles. The number of ether oxygens (including phenoxy) is 1. The molecule has 1 aromatic carbocycles. The van der Waals surface area contributed by atoms with Gasteiger partial charge in [0, 0.05) is 6.54 Å². The van der Waals surface area contributed by atoms with Gasteiger partial charge in [0.2, 0.25) is 5.88 Å². The molecule has 0 bridgehead atoms. The molecular formula is C13H13F2N3O. The van der Waals surface area contributed by atoms with Crippen molar-refractivity contribution in [1.82, 2.24) is 9.97 Å². The molecule has 4 nitrogen and oxygen atoms in total. The minimum Gasteiger partial charge on any atom is -0.481 e. The lowest BCUT2D eigenvalue weighted by atomic mass is 10.2. The van der Waals surface area contributed by atoms with Gasteiger partial charge in [-0.25, -0.2) is 18.7 Å². The molecule has 0 aliphatic carbocycles. The molecular weight excluding hydrogens is 252 g/mol. The maximum atomic E-state index is 13.1. The average Bonchev–Trinajstić information content (AvgIpc) is 2.41. The maximum Gasteiger partial charge on any atom is 0.221 e. The van der Waals surface area contributed by atoms with Crippen LogP contribution < -0.4 is 10.1 Å². The van der Waals surface area contributed by atoms with Gasteiger partial charge in [-0.2, -0.15) is 0 Å². The molecule has 1 N–H and O–H groups in total. The Morgan fingerprint density at radius 3 is 2.68 bits per heavy atom. The number of halogens is 2. The largest absolute Gasteiger partial charge is 0.481 e. The van der Waals surface area contributed by atoms with Crippen LogP contribution in [-0.4, -0.2) is 17.1 Å². The first kappa shape index (κ1) is 13.2. The Hall–Kier alpha value is -2.24. The summed E-state index contributed by atoms with van der Waals surface area (Å²) in [7, 11) is 1.52. The Morgan fingerprint density at radius 1 is 1.21 bits per heavy atom. The number of hydrogen-bond acceptors (Lipinski definition) is 4. The lowest BCUT2D eigenvalue weighted by Gasteiger charge is -2.10. The molecule has 0 spiro atoms. The van der Waals surface area contributed by atoms with Crippen molar-refractivity contribution in [2.75, 3.05) is 12.4 Å². The van der Waals surface area contributed by atoms with E-state index < -0.39 is 11.6 Å². The van der Waals surface area contributed by atoms with E-state index in [1.165, 1.54) is 19.5 Å². The second-order valence-corrected chi connectivity index (χ2v) is 3.96. The molecule has 1 heterocycles. The van der Waals surface area contributed by atoms with Crippen molar-refractivity contribution in [1.29, 1.82) is 0 Å². The summed E-state index contributed by atoms with van der Waals surface area (Å²) in [6, 6.07) is 3.76. The van der Waals surface area contributed by atoms with Gasteiger partial charge in [0.05, 0.1) is 12.7 Å². The zero-order valence-corrected chi connectivity index (χ0v) is 10.6. The lowest BCUT2D eigenvalue weighted by molar-refractivity contribution is 0.393. The minimum absolute atomic E-state index is 0.332. The first-order valence-corrected chi connectivity index (χ1v) is 5.65. The number of benzene rings is 1. The van der Waals surface area contributed by atoms with E-state index in [0.717, 1.165) is 17.7 Å². The molecule has 19 heavy (non-hydrogen) atoms. The van der Waals surface area contributed by atoms with Gasteiger partial charge in [-0.15, -0.1) is 0 Å². The molecule has 2 rings (SSSR count). The lowest BCUT2D eigenvalue weighted by Crippen LogP contribution is -2.05. The predicted molar refractivity (Wildman–Crippen MR) is 67.0 cm³/mol. The van der Waals surface area contributed by atoms with Crippen LogP contribution >= 0.6 is 0 Å². The van der Waals surface area contributed by atoms with E-state index in [0.29, 0.717) is 23.8 Å². The number of aromatic nitrogens is 2. The van der Waals surface area contributed by atoms with E-state index in [2.05, 4.69) is 15.3 Å². The molecule has 2 aromatic rings. The van der Waals surface area contributed by atoms with Crippen molar-refractivity contribution in [3.05, 3.63) is 47.3 Å². The molecule has 0 aliphatic rings. The van der Waals surface area contributed by atoms with E-state index in [1.54, 1.807) is 0 Å². The number of methoxy groups -OCH3 is 1. The summed E-state index contributed by atoms with van der Waals surface area (Å²) in [5, 5.41) is 3.03. The third-order valence-electron chi connectivity index (χ3n) is 2.68. The van der Waals surface area contributed by atoms with Crippen LogP contribution in [0.5, 0.6) is 5.88 Å². The number of nitrogens with one attached hydrogen (secondary N) is 1. The minimum atomic E-state index is -0.865. The maximum absolute atomic E-state index is 13.1. The number of hydrogen-bond donors (Lipinski definition) is 1. The van der Waals surface area contributed by atoms with Crippen molar-refractivity contribution in [3.63, 3.8) is 0 Å². The molecule has 6 heteroatoms. The Labute approximate surface area is 109 Å². The molecule has 0 fully saturated rings. The van der Waals surface area contributed by atoms with Crippen molar-refractivity contribution >= 4 is 5.82 Å². The summed E-state index contributed by atoms with van der Waals surface area (Å²) >= 11 is 0. The van der Waals surface area contributed by atoms with Crippen LogP contribution in [0.25, 0.3) is 0 Å². The Bertz CT molecular complexity index is 590. The topological polar surface area (TPSA) is 47.0 Å². The molecule has 0 unspecified atom stereocenters. The number of rotatable bonds is 4. The Kier molecular flexibility index (Phi) is 3.89. The molecule has 0 amide bonds. The number of nitrogens with zero attached hydrogens (tertiary/aromatic N) is 2. The summed E-state index contributed by atoms with van der Waals surface area (Å²) in [4.78, 5) is 8.03. The summed E-state index contributed by atoms with van der Waals surface area (Å²) in [5.41, 5.74) is 1.38. The highest BCUT2D eigenvalue weighted by Crippen LogP contribution is 2.20. The fourth-order valence-electron chi connectivity index (χ4n) is 1.65. The molecule has 100 valence electrons. The molecule has 0 saturated carbocycles. The third-order valence-corrected chi connectivity index (χ3v) is 2.68. The van der Waals surface area contributed by atoms with Gasteiger partial charge in [0.25, 0.3) is 0 Å². The van der Waals surface area contributed by atoms with Crippen molar-refractivity contribution in [2.45, 2.75) is 13.5 Å². The van der Waals surface area contributed by atoms with Crippen LogP contribution in [-0.2, 0) is 6.54 Å². The van der Waals surface area contributed by atoms with Gasteiger partial charge in [0.1, 0.15) is 12.1 Å². The Morgan fingerprint density at radius 2 is 2.00 bits per heavy atom. The highest BCUT2D eigenvalue weighted by molar-refractivity contribution is 5.47. The van der Waals surface area contributed by atoms with Crippen LogP contribution in [0.15, 0.2) is 24.5 Å². The third kappa shape index (κ3) is 2.96. The van der Waals surface area contributed by atoms with Crippen LogP contribution in [0.3, 0.4) is 0 Å². The summed E-state index contributed by atoms with van der Waals surface area (Å²) in [6.45, 7) is 2.14. The van der Waals surface area contributed by atoms with Crippen molar-refractivity contribution in [3.8, 4) is 5.88 Å². The quantitative estimate of drug-likeness (QED) is 0.923. The summed E-state index contributed by atoms with van der Waals surface area (Å²) in [5.74, 6) is -0.653. The number of anilines is 1. The highest BCUT2D eigenvalue weighted by atomic mass is 19.2. The standard InChI is InChI=1S/C13H13F2N3O/c1-8-12(17-7-18-13(8)19-2)16-6-9-3-4-10(14)11(15)5-9/h3-5,7H,6H2,1-2H3,(H,16,17,18). The predicted octanol–water partition coefficient (Wildman–Crippen LogP) is 2.68. The molecule has 0 atom stereocenters. The SMILES string of the molecule is COc1ncnc(NCc2ccc(F)c(F)c2)c1C. The zero-order chi connectivity index (χ0) is 13.8. The van der Waals surface area contributed by atoms with Gasteiger partial charge < -0.3 is 10.1 Å². The van der Waals surface area contributed by atoms with Crippen LogP contribution in [0, 0.1) is 18.6 Å². The van der Waals surface area contributed by atoms with Crippen LogP contribution in [0.1, 0.15) is 11.1 Å². The van der Waals surface area contributed by atoms with Gasteiger partial charge in [0.15, 0.2) is 11.6 Å². The van der Waals surface area contributed by atoms with E-state index in [9.17, 15) is 8.78 Å². The molecule has 0 aliphatic heterocycles. The Balaban J connectivity index is 2.12. The van der Waals surface area contributed by atoms with E-state index in [1.807, 2.05) is 6.92 Å². The fourth-order valence-corrected chi connectivity index (χ4v) is 1.65. The molecule has 0 radical (unpaired) electrons. The van der Waals surface area contributed by atoms with Crippen LogP contribution in [0.2, 0.25) is 0 Å². The van der Waals surface area contributed by atoms with Crippen molar-refractivity contribution < 1.29 is 13.5 Å². The molecule has 1 aromatic heterocycles. The average molecular weight is 265 g/mol. The highest BCUT2D eigenvalue weighted by Gasteiger charge is 2.07. The van der Waals surface area contributed by atoms with E-state index >= 15 is 0 Å². The van der Waals surface area contributed by atoms with Crippen molar-refractivity contribution in [2.24, 2.45) is 0 Å². The second kappa shape index (κ2) is 5.60. The van der Waals surface area contributed by atoms with Gasteiger partial charge in [-0.05, 0) is 24.6 Å². The van der Waals surface area contributed by atoms with E-state index in [4.69, 9.17) is 4.74 Å². The van der Waals surface area contributed by atoms with Gasteiger partial charge >= 0.3 is 0 Å². The monoisotopic (exact) mass is 265 g/mol.